The lowest BCUT2D eigenvalue weighted by Crippen LogP contribution is -2.37. The molecule has 0 spiro atoms. The van der Waals surface area contributed by atoms with E-state index in [0.717, 1.165) is 0 Å². The van der Waals surface area contributed by atoms with E-state index in [4.69, 9.17) is 10.00 Å². The number of aromatic nitrogens is 4. The number of anilines is 1. The summed E-state index contributed by atoms with van der Waals surface area (Å²) in [5, 5.41) is 9.85. The molecule has 0 aliphatic carbocycles. The van der Waals surface area contributed by atoms with Gasteiger partial charge in [-0.1, -0.05) is 0 Å². The fourth-order valence-corrected chi connectivity index (χ4v) is 3.39. The van der Waals surface area contributed by atoms with Gasteiger partial charge in [-0.2, -0.15) is 5.26 Å². The van der Waals surface area contributed by atoms with Crippen LogP contribution in [0.4, 0.5) is 15.0 Å². The van der Waals surface area contributed by atoms with Crippen LogP contribution in [0.5, 0.6) is 0 Å². The number of H-pyrrole nitrogens is 2. The van der Waals surface area contributed by atoms with E-state index in [9.17, 15) is 9.18 Å². The minimum Gasteiger partial charge on any atom is -0.443 e. The maximum atomic E-state index is 13.9. The smallest absolute Gasteiger partial charge is 0.416 e. The monoisotopic (exact) mass is 420 g/mol. The van der Waals surface area contributed by atoms with Gasteiger partial charge in [-0.05, 0) is 52.0 Å². The van der Waals surface area contributed by atoms with Crippen LogP contribution in [0.15, 0.2) is 30.6 Å². The lowest BCUT2D eigenvalue weighted by Gasteiger charge is -2.26. The third-order valence-electron chi connectivity index (χ3n) is 4.66. The zero-order valence-corrected chi connectivity index (χ0v) is 17.6. The van der Waals surface area contributed by atoms with Crippen molar-refractivity contribution in [3.8, 4) is 17.3 Å². The van der Waals surface area contributed by atoms with Gasteiger partial charge < -0.3 is 14.7 Å². The Morgan fingerprint density at radius 1 is 1.29 bits per heavy atom. The molecule has 0 saturated heterocycles. The Labute approximate surface area is 177 Å². The normalized spacial score (nSPS) is 11.6. The van der Waals surface area contributed by atoms with Crippen molar-refractivity contribution in [2.24, 2.45) is 0 Å². The summed E-state index contributed by atoms with van der Waals surface area (Å²) in [7, 11) is 0. The fourth-order valence-electron chi connectivity index (χ4n) is 3.39. The van der Waals surface area contributed by atoms with Crippen LogP contribution < -0.4 is 4.90 Å². The molecule has 4 rings (SSSR count). The molecule has 2 N–H and O–H groups in total. The number of carbonyl (C=O) groups is 1. The van der Waals surface area contributed by atoms with Gasteiger partial charge in [0.15, 0.2) is 5.82 Å². The van der Waals surface area contributed by atoms with E-state index in [1.807, 2.05) is 13.0 Å². The van der Waals surface area contributed by atoms with E-state index < -0.39 is 17.5 Å². The first kappa shape index (κ1) is 20.3. The van der Waals surface area contributed by atoms with Crippen molar-refractivity contribution in [1.82, 2.24) is 19.9 Å². The van der Waals surface area contributed by atoms with Gasteiger partial charge in [0, 0.05) is 23.2 Å². The van der Waals surface area contributed by atoms with Crippen LogP contribution in [0.1, 0.15) is 33.3 Å². The highest BCUT2D eigenvalue weighted by Crippen LogP contribution is 2.33. The summed E-state index contributed by atoms with van der Waals surface area (Å²) in [6, 6.07) is 7.86. The first-order valence-corrected chi connectivity index (χ1v) is 9.77. The van der Waals surface area contributed by atoms with Crippen molar-refractivity contribution in [3.05, 3.63) is 42.0 Å². The highest BCUT2D eigenvalue weighted by molar-refractivity contribution is 6.09. The molecule has 8 nitrogen and oxygen atoms in total. The summed E-state index contributed by atoms with van der Waals surface area (Å²) in [5.74, 6) is -0.129. The molecule has 0 saturated carbocycles. The molecule has 0 radical (unpaired) electrons. The van der Waals surface area contributed by atoms with Crippen molar-refractivity contribution in [2.75, 3.05) is 11.4 Å². The molecule has 0 fully saturated rings. The van der Waals surface area contributed by atoms with E-state index in [-0.39, 0.29) is 5.56 Å². The highest BCUT2D eigenvalue weighted by atomic mass is 19.1. The second-order valence-electron chi connectivity index (χ2n) is 8.07. The number of fused-ring (bicyclic) bond motifs is 3. The SMILES string of the molecule is CCN(C(=O)OC(C)(C)C)c1nc2[nH]c(-c3cc(F)cc(C#N)c3)cc2c2nc[nH]c12. The Balaban J connectivity index is 1.87. The summed E-state index contributed by atoms with van der Waals surface area (Å²) < 4.78 is 19.5. The number of nitrogens with one attached hydrogen (secondary N) is 2. The molecule has 0 unspecified atom stereocenters. The Bertz CT molecular complexity index is 1340. The minimum absolute atomic E-state index is 0.217. The number of amides is 1. The van der Waals surface area contributed by atoms with Crippen LogP contribution in [0.3, 0.4) is 0 Å². The molecule has 0 aliphatic heterocycles. The molecule has 0 aliphatic rings. The van der Waals surface area contributed by atoms with E-state index in [0.29, 0.717) is 45.7 Å². The molecular weight excluding hydrogens is 399 g/mol. The molecule has 4 aromatic rings. The lowest BCUT2D eigenvalue weighted by molar-refractivity contribution is 0.0581. The van der Waals surface area contributed by atoms with Gasteiger partial charge in [-0.25, -0.2) is 19.2 Å². The number of ether oxygens (including phenoxy) is 1. The Morgan fingerprint density at radius 2 is 2.06 bits per heavy atom. The van der Waals surface area contributed by atoms with Gasteiger partial charge in [0.05, 0.1) is 18.0 Å². The summed E-state index contributed by atoms with van der Waals surface area (Å²) in [5.41, 5.74) is 2.34. The van der Waals surface area contributed by atoms with Gasteiger partial charge >= 0.3 is 6.09 Å². The first-order chi connectivity index (χ1) is 14.7. The molecule has 158 valence electrons. The predicted octanol–water partition coefficient (Wildman–Crippen LogP) is 4.88. The van der Waals surface area contributed by atoms with Crippen LogP contribution in [-0.2, 0) is 4.74 Å². The molecule has 1 amide bonds. The van der Waals surface area contributed by atoms with Crippen LogP contribution in [0, 0.1) is 17.1 Å². The Kier molecular flexibility index (Phi) is 4.85. The van der Waals surface area contributed by atoms with E-state index >= 15 is 0 Å². The second kappa shape index (κ2) is 7.40. The number of nitriles is 1. The Hall–Kier alpha value is -3.93. The molecule has 9 heteroatoms. The van der Waals surface area contributed by atoms with Crippen LogP contribution in [0.2, 0.25) is 0 Å². The number of imidazole rings is 1. The number of benzene rings is 1. The largest absolute Gasteiger partial charge is 0.443 e. The van der Waals surface area contributed by atoms with Crippen LogP contribution in [0.25, 0.3) is 33.3 Å². The standard InChI is InChI=1S/C22H21FN6O2/c1-5-29(21(30)31-22(2,3)4)20-18-17(25-11-26-18)15-9-16(27-19(15)28-20)13-6-12(10-24)7-14(23)8-13/h6-9,11H,5H2,1-4H3,(H,25,26)(H,27,28). The maximum absolute atomic E-state index is 13.9. The highest BCUT2D eigenvalue weighted by Gasteiger charge is 2.26. The van der Waals surface area contributed by atoms with Gasteiger partial charge in [0.25, 0.3) is 0 Å². The van der Waals surface area contributed by atoms with E-state index in [2.05, 4.69) is 19.9 Å². The van der Waals surface area contributed by atoms with Gasteiger partial charge in [0.1, 0.15) is 28.1 Å². The minimum atomic E-state index is -0.656. The van der Waals surface area contributed by atoms with Crippen molar-refractivity contribution < 1.29 is 13.9 Å². The van der Waals surface area contributed by atoms with E-state index in [1.54, 1.807) is 32.9 Å². The Morgan fingerprint density at radius 3 is 2.74 bits per heavy atom. The molecular formula is C22H21FN6O2. The van der Waals surface area contributed by atoms with Crippen molar-refractivity contribution in [3.63, 3.8) is 0 Å². The van der Waals surface area contributed by atoms with Crippen molar-refractivity contribution >= 4 is 34.0 Å². The van der Waals surface area contributed by atoms with Crippen molar-refractivity contribution in [2.45, 2.75) is 33.3 Å². The molecule has 1 aromatic carbocycles. The number of pyridine rings is 1. The van der Waals surface area contributed by atoms with Crippen LogP contribution in [-0.4, -0.2) is 38.2 Å². The average molecular weight is 420 g/mol. The number of nitrogens with zero attached hydrogens (tertiary/aromatic N) is 4. The number of rotatable bonds is 3. The second-order valence-corrected chi connectivity index (χ2v) is 8.07. The average Bonchev–Trinajstić information content (AvgIpc) is 3.33. The third kappa shape index (κ3) is 3.80. The maximum Gasteiger partial charge on any atom is 0.416 e. The molecule has 3 heterocycles. The zero-order chi connectivity index (χ0) is 22.3. The zero-order valence-electron chi connectivity index (χ0n) is 17.6. The summed E-state index contributed by atoms with van der Waals surface area (Å²) in [6.07, 6.45) is 1.01. The number of carbonyl (C=O) groups excluding carboxylic acids is 1. The number of hydrogen-bond acceptors (Lipinski definition) is 5. The predicted molar refractivity (Wildman–Crippen MR) is 115 cm³/mol. The number of hydrogen-bond donors (Lipinski definition) is 2. The van der Waals surface area contributed by atoms with Gasteiger partial charge in [-0.3, -0.25) is 4.90 Å². The van der Waals surface area contributed by atoms with Gasteiger partial charge in [0.2, 0.25) is 0 Å². The lowest BCUT2D eigenvalue weighted by atomic mass is 10.1. The van der Waals surface area contributed by atoms with Gasteiger partial charge in [-0.15, -0.1) is 0 Å². The topological polar surface area (TPSA) is 111 Å². The number of halogens is 1. The summed E-state index contributed by atoms with van der Waals surface area (Å²) in [6.45, 7) is 7.56. The fraction of sp³-hybridized carbons (Fsp3) is 0.273. The third-order valence-corrected chi connectivity index (χ3v) is 4.66. The molecule has 3 aromatic heterocycles. The van der Waals surface area contributed by atoms with Crippen molar-refractivity contribution in [1.29, 1.82) is 5.26 Å². The summed E-state index contributed by atoms with van der Waals surface area (Å²) >= 11 is 0. The first-order valence-electron chi connectivity index (χ1n) is 9.77. The number of aromatic amines is 2. The summed E-state index contributed by atoms with van der Waals surface area (Å²) in [4.78, 5) is 29.5. The molecule has 0 atom stereocenters. The van der Waals surface area contributed by atoms with E-state index in [1.165, 1.54) is 23.4 Å². The van der Waals surface area contributed by atoms with Crippen LogP contribution >= 0.6 is 0 Å². The molecule has 0 bridgehead atoms. The quantitative estimate of drug-likeness (QED) is 0.491. The molecule has 31 heavy (non-hydrogen) atoms.